The van der Waals surface area contributed by atoms with Gasteiger partial charge in [0.15, 0.2) is 5.13 Å². The van der Waals surface area contributed by atoms with Crippen LogP contribution in [0.4, 0.5) is 27.5 Å². The number of rotatable bonds is 6. The molecule has 0 spiro atoms. The van der Waals surface area contributed by atoms with Crippen LogP contribution >= 0.6 is 11.3 Å². The normalized spacial score (nSPS) is 12.7. The number of amides is 2. The fourth-order valence-electron chi connectivity index (χ4n) is 2.22. The molecule has 1 aromatic carbocycles. The predicted molar refractivity (Wildman–Crippen MR) is 89.6 cm³/mol. The van der Waals surface area contributed by atoms with Gasteiger partial charge in [0.25, 0.3) is 0 Å². The van der Waals surface area contributed by atoms with Gasteiger partial charge < -0.3 is 10.0 Å². The summed E-state index contributed by atoms with van der Waals surface area (Å²) in [5.74, 6) is -0.374. The van der Waals surface area contributed by atoms with Gasteiger partial charge in [-0.1, -0.05) is 12.1 Å². The number of nitrogens with one attached hydrogen (secondary N) is 1. The molecule has 1 aromatic heterocycles. The smallest absolute Gasteiger partial charge is 0.392 e. The molecule has 142 valence electrons. The summed E-state index contributed by atoms with van der Waals surface area (Å²) >= 11 is 1.08. The zero-order valence-corrected chi connectivity index (χ0v) is 14.6. The van der Waals surface area contributed by atoms with Crippen molar-refractivity contribution in [3.8, 4) is 0 Å². The van der Waals surface area contributed by atoms with E-state index in [9.17, 15) is 27.5 Å². The van der Waals surface area contributed by atoms with Gasteiger partial charge in [-0.25, -0.2) is 14.2 Å². The van der Waals surface area contributed by atoms with Gasteiger partial charge in [0, 0.05) is 24.0 Å². The Bertz CT molecular complexity index is 749. The summed E-state index contributed by atoms with van der Waals surface area (Å²) in [6.45, 7) is -0.657. The van der Waals surface area contributed by atoms with Crippen LogP contribution in [0.3, 0.4) is 0 Å². The first-order valence-corrected chi connectivity index (χ1v) is 8.44. The molecular formula is C16H17F4N3O2S. The summed E-state index contributed by atoms with van der Waals surface area (Å²) in [7, 11) is 0. The molecule has 1 atom stereocenters. The van der Waals surface area contributed by atoms with Gasteiger partial charge in [-0.05, 0) is 24.6 Å². The van der Waals surface area contributed by atoms with E-state index in [0.29, 0.717) is 21.8 Å². The molecule has 0 saturated carbocycles. The van der Waals surface area contributed by atoms with Crippen molar-refractivity contribution in [1.29, 1.82) is 0 Å². The van der Waals surface area contributed by atoms with Crippen molar-refractivity contribution in [2.45, 2.75) is 25.6 Å². The maximum absolute atomic E-state index is 13.2. The highest BCUT2D eigenvalue weighted by atomic mass is 32.1. The third-order valence-corrected chi connectivity index (χ3v) is 4.09. The number of benzene rings is 1. The first-order chi connectivity index (χ1) is 12.1. The lowest BCUT2D eigenvalue weighted by Gasteiger charge is -2.24. The van der Waals surface area contributed by atoms with Crippen molar-refractivity contribution >= 4 is 22.5 Å². The Labute approximate surface area is 151 Å². The number of urea groups is 1. The van der Waals surface area contributed by atoms with Gasteiger partial charge in [0.1, 0.15) is 12.4 Å². The second kappa shape index (κ2) is 8.45. The molecule has 2 amide bonds. The number of hydrogen-bond donors (Lipinski definition) is 2. The second-order valence-electron chi connectivity index (χ2n) is 5.71. The van der Waals surface area contributed by atoms with E-state index in [0.717, 1.165) is 11.3 Å². The maximum Gasteiger partial charge on any atom is 0.406 e. The second-order valence-corrected chi connectivity index (χ2v) is 6.83. The first kappa shape index (κ1) is 20.1. The molecule has 0 aliphatic carbocycles. The summed E-state index contributed by atoms with van der Waals surface area (Å²) < 4.78 is 51.0. The SMILES string of the molecule is CC(O)CN(CC(F)(F)F)C(=O)Nc1ncc(Cc2cccc(F)c2)s1. The Balaban J connectivity index is 2.02. The monoisotopic (exact) mass is 391 g/mol. The van der Waals surface area contributed by atoms with Crippen LogP contribution in [0.25, 0.3) is 0 Å². The van der Waals surface area contributed by atoms with Crippen LogP contribution in [0.15, 0.2) is 30.5 Å². The van der Waals surface area contributed by atoms with Gasteiger partial charge in [-0.3, -0.25) is 5.32 Å². The average Bonchev–Trinajstić information content (AvgIpc) is 2.91. The minimum atomic E-state index is -4.59. The summed E-state index contributed by atoms with van der Waals surface area (Å²) in [6, 6.07) is 4.98. The van der Waals surface area contributed by atoms with Crippen LogP contribution in [-0.2, 0) is 6.42 Å². The summed E-state index contributed by atoms with van der Waals surface area (Å²) in [5.41, 5.74) is 0.708. The molecule has 1 heterocycles. The lowest BCUT2D eigenvalue weighted by Crippen LogP contribution is -2.44. The largest absolute Gasteiger partial charge is 0.406 e. The average molecular weight is 391 g/mol. The molecule has 0 fully saturated rings. The van der Waals surface area contributed by atoms with E-state index in [4.69, 9.17) is 0 Å². The number of nitrogens with zero attached hydrogens (tertiary/aromatic N) is 2. The molecule has 5 nitrogen and oxygen atoms in total. The standard InChI is InChI=1S/C16H17F4N3O2S/c1-10(24)8-23(9-16(18,19)20)15(25)22-14-21-7-13(26-14)6-11-3-2-4-12(17)5-11/h2-5,7,10,24H,6,8-9H2,1H3,(H,21,22,25). The van der Waals surface area contributed by atoms with E-state index < -0.39 is 31.4 Å². The van der Waals surface area contributed by atoms with Crippen molar-refractivity contribution < 1.29 is 27.5 Å². The first-order valence-electron chi connectivity index (χ1n) is 7.62. The molecule has 2 N–H and O–H groups in total. The highest BCUT2D eigenvalue weighted by molar-refractivity contribution is 7.15. The van der Waals surface area contributed by atoms with Gasteiger partial charge in [-0.2, -0.15) is 13.2 Å². The van der Waals surface area contributed by atoms with Crippen LogP contribution in [-0.4, -0.2) is 46.4 Å². The van der Waals surface area contributed by atoms with E-state index in [1.807, 2.05) is 0 Å². The zero-order chi connectivity index (χ0) is 19.3. The van der Waals surface area contributed by atoms with Crippen molar-refractivity contribution in [3.63, 3.8) is 0 Å². The van der Waals surface area contributed by atoms with Crippen LogP contribution in [0.2, 0.25) is 0 Å². The Morgan fingerprint density at radius 2 is 2.15 bits per heavy atom. The molecule has 0 saturated heterocycles. The van der Waals surface area contributed by atoms with E-state index in [-0.39, 0.29) is 10.9 Å². The molecule has 2 aromatic rings. The Morgan fingerprint density at radius 3 is 2.77 bits per heavy atom. The minimum absolute atomic E-state index is 0.124. The molecule has 0 radical (unpaired) electrons. The Morgan fingerprint density at radius 1 is 1.42 bits per heavy atom. The van der Waals surface area contributed by atoms with Gasteiger partial charge in [-0.15, -0.1) is 11.3 Å². The number of halogens is 4. The van der Waals surface area contributed by atoms with E-state index in [1.165, 1.54) is 25.3 Å². The van der Waals surface area contributed by atoms with E-state index in [2.05, 4.69) is 10.3 Å². The van der Waals surface area contributed by atoms with E-state index >= 15 is 0 Å². The van der Waals surface area contributed by atoms with E-state index in [1.54, 1.807) is 12.1 Å². The molecule has 2 rings (SSSR count). The van der Waals surface area contributed by atoms with Gasteiger partial charge in [0.05, 0.1) is 6.10 Å². The van der Waals surface area contributed by atoms with Crippen molar-refractivity contribution in [1.82, 2.24) is 9.88 Å². The topological polar surface area (TPSA) is 65.5 Å². The fraction of sp³-hybridized carbons (Fsp3) is 0.375. The summed E-state index contributed by atoms with van der Waals surface area (Å²) in [4.78, 5) is 17.2. The van der Waals surface area contributed by atoms with Crippen molar-refractivity contribution in [2.24, 2.45) is 0 Å². The molecule has 26 heavy (non-hydrogen) atoms. The number of aliphatic hydroxyl groups is 1. The highest BCUT2D eigenvalue weighted by Gasteiger charge is 2.33. The maximum atomic E-state index is 13.2. The number of aromatic nitrogens is 1. The number of thiazole rings is 1. The van der Waals surface area contributed by atoms with Crippen LogP contribution < -0.4 is 5.32 Å². The lowest BCUT2D eigenvalue weighted by atomic mass is 10.1. The van der Waals surface area contributed by atoms with Crippen LogP contribution in [0, 0.1) is 5.82 Å². The van der Waals surface area contributed by atoms with Crippen LogP contribution in [0.1, 0.15) is 17.4 Å². The summed E-state index contributed by atoms with van der Waals surface area (Å²) in [5, 5.41) is 11.7. The number of hydrogen-bond acceptors (Lipinski definition) is 4. The number of anilines is 1. The quantitative estimate of drug-likeness (QED) is 0.739. The Hall–Kier alpha value is -2.20. The highest BCUT2D eigenvalue weighted by Crippen LogP contribution is 2.23. The molecular weight excluding hydrogens is 374 g/mol. The van der Waals surface area contributed by atoms with Crippen molar-refractivity contribution in [3.05, 3.63) is 46.7 Å². The predicted octanol–water partition coefficient (Wildman–Crippen LogP) is 3.65. The number of aliphatic hydroxyl groups excluding tert-OH is 1. The number of alkyl halides is 3. The van der Waals surface area contributed by atoms with Crippen molar-refractivity contribution in [2.75, 3.05) is 18.4 Å². The van der Waals surface area contributed by atoms with Gasteiger partial charge >= 0.3 is 12.2 Å². The molecule has 0 aliphatic heterocycles. The molecule has 10 heteroatoms. The minimum Gasteiger partial charge on any atom is -0.392 e. The summed E-state index contributed by atoms with van der Waals surface area (Å²) in [6.07, 6.45) is -3.85. The third kappa shape index (κ3) is 6.60. The number of carbonyl (C=O) groups is 1. The fourth-order valence-corrected chi connectivity index (χ4v) is 3.06. The molecule has 1 unspecified atom stereocenters. The Kier molecular flexibility index (Phi) is 6.54. The van der Waals surface area contributed by atoms with Gasteiger partial charge in [0.2, 0.25) is 0 Å². The molecule has 0 bridgehead atoms. The third-order valence-electron chi connectivity index (χ3n) is 3.18. The number of carbonyl (C=O) groups excluding carboxylic acids is 1. The van der Waals surface area contributed by atoms with Crippen LogP contribution in [0.5, 0.6) is 0 Å². The zero-order valence-electron chi connectivity index (χ0n) is 13.8. The lowest BCUT2D eigenvalue weighted by molar-refractivity contribution is -0.141. The molecule has 0 aliphatic rings.